The van der Waals surface area contributed by atoms with Gasteiger partial charge in [0.1, 0.15) is 5.56 Å². The van der Waals surface area contributed by atoms with Gasteiger partial charge in [-0.05, 0) is 24.5 Å². The van der Waals surface area contributed by atoms with Crippen molar-refractivity contribution in [1.82, 2.24) is 10.2 Å². The Labute approximate surface area is 196 Å². The molecule has 2 heterocycles. The molecule has 3 N–H and O–H groups in total. The Bertz CT molecular complexity index is 1380. The van der Waals surface area contributed by atoms with Gasteiger partial charge in [0.05, 0.1) is 9.85 Å². The standard InChI is InChI=1S/C22H20N4O9/c27-18-17(26(33)34)10-13-9-16(22(30)35-20(13)19(18)28)21(29)23-14-5-7-24(8-6-14)11-12-1-3-15(4-2-12)25(31)32/h1-4,9-10,14,27-28H,5-8,11H2,(H,23,29). The molecule has 13 heteroatoms. The van der Waals surface area contributed by atoms with Gasteiger partial charge in [-0.1, -0.05) is 12.1 Å². The van der Waals surface area contributed by atoms with Crippen molar-refractivity contribution >= 4 is 28.3 Å². The van der Waals surface area contributed by atoms with Crippen molar-refractivity contribution in [3.63, 3.8) is 0 Å². The summed E-state index contributed by atoms with van der Waals surface area (Å²) in [6, 6.07) is 8.06. The number of nitro benzene ring substituents is 2. The first-order valence-corrected chi connectivity index (χ1v) is 10.6. The third kappa shape index (κ3) is 4.89. The Balaban J connectivity index is 1.42. The summed E-state index contributed by atoms with van der Waals surface area (Å²) in [6.45, 7) is 1.89. The number of non-ortho nitro benzene ring substituents is 1. The third-order valence-corrected chi connectivity index (χ3v) is 5.87. The van der Waals surface area contributed by atoms with Crippen LogP contribution < -0.4 is 10.9 Å². The van der Waals surface area contributed by atoms with Crippen LogP contribution in [0.1, 0.15) is 28.8 Å². The maximum absolute atomic E-state index is 12.7. The Morgan fingerprint density at radius 1 is 1.06 bits per heavy atom. The molecule has 1 fully saturated rings. The van der Waals surface area contributed by atoms with E-state index in [2.05, 4.69) is 10.2 Å². The van der Waals surface area contributed by atoms with Crippen molar-refractivity contribution in [3.05, 3.63) is 78.2 Å². The summed E-state index contributed by atoms with van der Waals surface area (Å²) < 4.78 is 4.96. The number of nitro groups is 2. The normalized spacial score (nSPS) is 14.6. The maximum Gasteiger partial charge on any atom is 0.349 e. The van der Waals surface area contributed by atoms with E-state index in [0.717, 1.165) is 17.7 Å². The highest BCUT2D eigenvalue weighted by Crippen LogP contribution is 2.41. The minimum absolute atomic E-state index is 0.0231. The topological polar surface area (TPSA) is 189 Å². The van der Waals surface area contributed by atoms with Crippen molar-refractivity contribution in [1.29, 1.82) is 0 Å². The van der Waals surface area contributed by atoms with E-state index in [9.17, 15) is 40.0 Å². The lowest BCUT2D eigenvalue weighted by molar-refractivity contribution is -0.385. The van der Waals surface area contributed by atoms with Gasteiger partial charge in [0, 0.05) is 49.3 Å². The molecule has 182 valence electrons. The Hall–Kier alpha value is -4.52. The first kappa shape index (κ1) is 23.6. The molecular formula is C22H20N4O9. The van der Waals surface area contributed by atoms with E-state index in [0.29, 0.717) is 32.5 Å². The van der Waals surface area contributed by atoms with Crippen LogP contribution in [0.25, 0.3) is 11.0 Å². The van der Waals surface area contributed by atoms with E-state index in [-0.39, 0.29) is 22.7 Å². The number of likely N-dealkylation sites (tertiary alicyclic amines) is 1. The number of nitrogens with one attached hydrogen (secondary N) is 1. The summed E-state index contributed by atoms with van der Waals surface area (Å²) in [6.07, 6.45) is 1.19. The van der Waals surface area contributed by atoms with Crippen LogP contribution in [-0.4, -0.2) is 50.0 Å². The first-order chi connectivity index (χ1) is 16.6. The average Bonchev–Trinajstić information content (AvgIpc) is 2.82. The van der Waals surface area contributed by atoms with Crippen LogP contribution >= 0.6 is 0 Å². The number of phenolic OH excluding ortho intramolecular Hbond substituents is 2. The van der Waals surface area contributed by atoms with Gasteiger partial charge in [0.2, 0.25) is 11.5 Å². The van der Waals surface area contributed by atoms with Gasteiger partial charge in [-0.15, -0.1) is 0 Å². The summed E-state index contributed by atoms with van der Waals surface area (Å²) in [5.74, 6) is -2.72. The number of benzene rings is 2. The smallest absolute Gasteiger partial charge is 0.349 e. The molecule has 35 heavy (non-hydrogen) atoms. The van der Waals surface area contributed by atoms with E-state index in [1.54, 1.807) is 12.1 Å². The van der Waals surface area contributed by atoms with Crippen molar-refractivity contribution in [2.45, 2.75) is 25.4 Å². The average molecular weight is 484 g/mol. The molecular weight excluding hydrogens is 464 g/mol. The van der Waals surface area contributed by atoms with E-state index in [1.807, 2.05) is 0 Å². The van der Waals surface area contributed by atoms with Crippen molar-refractivity contribution < 1.29 is 29.3 Å². The third-order valence-electron chi connectivity index (χ3n) is 5.87. The lowest BCUT2D eigenvalue weighted by atomic mass is 10.0. The number of nitrogens with zero attached hydrogens (tertiary/aromatic N) is 3. The number of phenols is 2. The molecule has 0 radical (unpaired) electrons. The Kier molecular flexibility index (Phi) is 6.34. The monoisotopic (exact) mass is 484 g/mol. The number of hydrogen-bond acceptors (Lipinski definition) is 10. The van der Waals surface area contributed by atoms with Crippen LogP contribution in [0.2, 0.25) is 0 Å². The van der Waals surface area contributed by atoms with Gasteiger partial charge in [0.15, 0.2) is 5.58 Å². The van der Waals surface area contributed by atoms with Crippen molar-refractivity contribution in [2.75, 3.05) is 13.1 Å². The van der Waals surface area contributed by atoms with Crippen molar-refractivity contribution in [3.8, 4) is 11.5 Å². The first-order valence-electron chi connectivity index (χ1n) is 10.6. The molecule has 0 spiro atoms. The molecule has 0 atom stereocenters. The maximum atomic E-state index is 12.7. The molecule has 2 aromatic carbocycles. The molecule has 4 rings (SSSR count). The number of amides is 1. The van der Waals surface area contributed by atoms with Gasteiger partial charge in [-0.25, -0.2) is 4.79 Å². The van der Waals surface area contributed by atoms with Crippen LogP contribution in [0.4, 0.5) is 11.4 Å². The summed E-state index contributed by atoms with van der Waals surface area (Å²) in [4.78, 5) is 47.7. The summed E-state index contributed by atoms with van der Waals surface area (Å²) in [5.41, 5.74) is -1.76. The zero-order chi connectivity index (χ0) is 25.3. The minimum Gasteiger partial charge on any atom is -0.501 e. The van der Waals surface area contributed by atoms with Crippen LogP contribution in [0, 0.1) is 20.2 Å². The van der Waals surface area contributed by atoms with Gasteiger partial charge < -0.3 is 19.9 Å². The fraction of sp³-hybridized carbons (Fsp3) is 0.273. The lowest BCUT2D eigenvalue weighted by Gasteiger charge is -2.32. The predicted molar refractivity (Wildman–Crippen MR) is 121 cm³/mol. The van der Waals surface area contributed by atoms with E-state index in [1.165, 1.54) is 12.1 Å². The highest BCUT2D eigenvalue weighted by atomic mass is 16.6. The molecule has 0 saturated carbocycles. The highest BCUT2D eigenvalue weighted by Gasteiger charge is 2.26. The lowest BCUT2D eigenvalue weighted by Crippen LogP contribution is -2.45. The van der Waals surface area contributed by atoms with Crippen LogP contribution in [0.15, 0.2) is 45.6 Å². The minimum atomic E-state index is -1.06. The van der Waals surface area contributed by atoms with E-state index >= 15 is 0 Å². The second-order valence-electron chi connectivity index (χ2n) is 8.16. The fourth-order valence-corrected chi connectivity index (χ4v) is 4.00. The molecule has 13 nitrogen and oxygen atoms in total. The molecule has 1 saturated heterocycles. The number of carbonyl (C=O) groups is 1. The number of hydrogen-bond donors (Lipinski definition) is 3. The Morgan fingerprint density at radius 2 is 1.71 bits per heavy atom. The van der Waals surface area contributed by atoms with Gasteiger partial charge in [0.25, 0.3) is 11.6 Å². The summed E-state index contributed by atoms with van der Waals surface area (Å²) >= 11 is 0. The molecule has 3 aromatic rings. The van der Waals surface area contributed by atoms with Crippen molar-refractivity contribution in [2.24, 2.45) is 0 Å². The number of rotatable bonds is 6. The van der Waals surface area contributed by atoms with Gasteiger partial charge in [-0.2, -0.15) is 0 Å². The van der Waals surface area contributed by atoms with E-state index < -0.39 is 44.1 Å². The second kappa shape index (κ2) is 9.38. The SMILES string of the molecule is O=C(NC1CCN(Cc2ccc([N+](=O)[O-])cc2)CC1)c1cc2cc([N+](=O)[O-])c(O)c(O)c2oc1=O. The number of piperidine rings is 1. The molecule has 0 aliphatic carbocycles. The zero-order valence-electron chi connectivity index (χ0n) is 18.2. The molecule has 1 aliphatic rings. The Morgan fingerprint density at radius 3 is 2.31 bits per heavy atom. The summed E-state index contributed by atoms with van der Waals surface area (Å²) in [7, 11) is 0. The zero-order valence-corrected chi connectivity index (χ0v) is 18.2. The molecule has 1 aromatic heterocycles. The number of fused-ring (bicyclic) bond motifs is 1. The predicted octanol–water partition coefficient (Wildman–Crippen LogP) is 2.42. The van der Waals surface area contributed by atoms with E-state index in [4.69, 9.17) is 4.42 Å². The summed E-state index contributed by atoms with van der Waals surface area (Å²) in [5, 5.41) is 44.2. The largest absolute Gasteiger partial charge is 0.501 e. The van der Waals surface area contributed by atoms with Crippen LogP contribution in [-0.2, 0) is 6.54 Å². The number of aromatic hydroxyl groups is 2. The highest BCUT2D eigenvalue weighted by molar-refractivity contribution is 5.98. The molecule has 1 amide bonds. The van der Waals surface area contributed by atoms with Crippen LogP contribution in [0.3, 0.4) is 0 Å². The quantitative estimate of drug-likeness (QED) is 0.203. The number of carbonyl (C=O) groups excluding carboxylic acids is 1. The van der Waals surface area contributed by atoms with Gasteiger partial charge in [-0.3, -0.25) is 29.9 Å². The fourth-order valence-electron chi connectivity index (χ4n) is 4.00. The van der Waals surface area contributed by atoms with Crippen LogP contribution in [0.5, 0.6) is 11.5 Å². The van der Waals surface area contributed by atoms with Gasteiger partial charge >= 0.3 is 11.3 Å². The molecule has 0 bridgehead atoms. The second-order valence-corrected chi connectivity index (χ2v) is 8.16. The molecule has 0 unspecified atom stereocenters. The molecule has 1 aliphatic heterocycles.